The molecule has 4 aromatic heterocycles. The Balaban J connectivity index is 1.52. The molecule has 0 aliphatic heterocycles. The lowest BCUT2D eigenvalue weighted by Gasteiger charge is -2.08. The molecule has 2 N–H and O–H groups in total. The van der Waals surface area contributed by atoms with Gasteiger partial charge in [0.2, 0.25) is 11.9 Å². The van der Waals surface area contributed by atoms with Gasteiger partial charge in [-0.05, 0) is 55.0 Å². The number of halogens is 2. The van der Waals surface area contributed by atoms with Gasteiger partial charge in [0, 0.05) is 23.5 Å². The summed E-state index contributed by atoms with van der Waals surface area (Å²) in [6, 6.07) is 16.5. The Hall–Kier alpha value is -4.46. The Kier molecular flexibility index (Phi) is 5.55. The highest BCUT2D eigenvalue weighted by Gasteiger charge is 2.19. The third-order valence-electron chi connectivity index (χ3n) is 5.41. The largest absolute Gasteiger partial charge is 0.353 e. The number of benzene rings is 1. The molecule has 1 aromatic carbocycles. The van der Waals surface area contributed by atoms with Crippen molar-refractivity contribution in [1.29, 1.82) is 0 Å². The molecule has 0 aliphatic rings. The van der Waals surface area contributed by atoms with Crippen molar-refractivity contribution in [2.45, 2.75) is 13.3 Å². The molecule has 0 spiro atoms. The number of amides is 1. The average molecular weight is 455 g/mol. The smallest absolute Gasteiger partial charge is 0.229 e. The molecule has 0 unspecified atom stereocenters. The number of aryl methyl sites for hydroxylation is 1. The summed E-state index contributed by atoms with van der Waals surface area (Å²) in [7, 11) is 0. The highest BCUT2D eigenvalue weighted by Crippen LogP contribution is 2.37. The van der Waals surface area contributed by atoms with Crippen molar-refractivity contribution in [3.8, 4) is 22.5 Å². The van der Waals surface area contributed by atoms with Crippen LogP contribution in [-0.4, -0.2) is 25.8 Å². The molecule has 0 saturated heterocycles. The molecule has 4 heterocycles. The molecule has 5 rings (SSSR count). The van der Waals surface area contributed by atoms with Gasteiger partial charge in [0.1, 0.15) is 17.2 Å². The van der Waals surface area contributed by atoms with E-state index in [2.05, 4.69) is 25.3 Å². The first-order chi connectivity index (χ1) is 16.5. The number of carbonyl (C=O) groups excluding carboxylic acids is 1. The zero-order valence-corrected chi connectivity index (χ0v) is 18.1. The summed E-state index contributed by atoms with van der Waals surface area (Å²) < 4.78 is 27.5. The summed E-state index contributed by atoms with van der Waals surface area (Å²) >= 11 is 0. The summed E-state index contributed by atoms with van der Waals surface area (Å²) in [5.41, 5.74) is 4.96. The second-order valence-electron chi connectivity index (χ2n) is 7.86. The van der Waals surface area contributed by atoms with Crippen LogP contribution in [0.15, 0.2) is 73.1 Å². The van der Waals surface area contributed by atoms with Gasteiger partial charge in [-0.3, -0.25) is 9.78 Å². The van der Waals surface area contributed by atoms with Crippen molar-refractivity contribution >= 4 is 22.8 Å². The topological polar surface area (TPSA) is 83.6 Å². The van der Waals surface area contributed by atoms with Crippen molar-refractivity contribution in [2.24, 2.45) is 0 Å². The highest BCUT2D eigenvalue weighted by atomic mass is 19.1. The standard InChI is InChI=1S/C26H19F2N5O/c1-15-12-20-25(33-26(15)28)23(19-4-2-3-10-29-19)24(31-20)17-9-11-30-21(14-17)32-22(34)13-16-5-7-18(27)8-6-16/h2-12,14,31H,13H2,1H3,(H,30,32,34). The molecule has 0 radical (unpaired) electrons. The minimum absolute atomic E-state index is 0.0836. The zero-order valence-electron chi connectivity index (χ0n) is 18.1. The predicted octanol–water partition coefficient (Wildman–Crippen LogP) is 5.45. The highest BCUT2D eigenvalue weighted by molar-refractivity contribution is 6.01. The molecule has 5 aromatic rings. The minimum Gasteiger partial charge on any atom is -0.353 e. The zero-order chi connectivity index (χ0) is 23.7. The van der Waals surface area contributed by atoms with Gasteiger partial charge < -0.3 is 10.3 Å². The van der Waals surface area contributed by atoms with E-state index in [-0.39, 0.29) is 18.1 Å². The first-order valence-corrected chi connectivity index (χ1v) is 10.6. The van der Waals surface area contributed by atoms with Gasteiger partial charge in [-0.25, -0.2) is 14.4 Å². The Labute approximate surface area is 193 Å². The number of rotatable bonds is 5. The van der Waals surface area contributed by atoms with Gasteiger partial charge in [-0.15, -0.1) is 0 Å². The molecule has 8 heteroatoms. The van der Waals surface area contributed by atoms with Crippen molar-refractivity contribution < 1.29 is 13.6 Å². The van der Waals surface area contributed by atoms with Gasteiger partial charge in [-0.2, -0.15) is 4.39 Å². The second kappa shape index (κ2) is 8.82. The van der Waals surface area contributed by atoms with E-state index in [1.165, 1.54) is 12.1 Å². The Morgan fingerprint density at radius 1 is 1.00 bits per heavy atom. The van der Waals surface area contributed by atoms with Crippen molar-refractivity contribution in [1.82, 2.24) is 19.9 Å². The van der Waals surface area contributed by atoms with E-state index < -0.39 is 5.95 Å². The summed E-state index contributed by atoms with van der Waals surface area (Å²) in [6.45, 7) is 1.66. The number of nitrogens with one attached hydrogen (secondary N) is 2. The summed E-state index contributed by atoms with van der Waals surface area (Å²) in [5, 5.41) is 2.78. The van der Waals surface area contributed by atoms with E-state index in [9.17, 15) is 13.6 Å². The van der Waals surface area contributed by atoms with E-state index in [0.29, 0.717) is 44.9 Å². The van der Waals surface area contributed by atoms with Crippen LogP contribution in [0.5, 0.6) is 0 Å². The number of aromatic nitrogens is 4. The molecule has 0 aliphatic carbocycles. The van der Waals surface area contributed by atoms with Crippen molar-refractivity contribution in [3.05, 3.63) is 95.9 Å². The first kappa shape index (κ1) is 21.4. The molecule has 0 atom stereocenters. The van der Waals surface area contributed by atoms with Gasteiger partial charge >= 0.3 is 0 Å². The van der Waals surface area contributed by atoms with Crippen LogP contribution < -0.4 is 5.32 Å². The number of pyridine rings is 3. The van der Waals surface area contributed by atoms with Crippen LogP contribution in [0.2, 0.25) is 0 Å². The molecule has 6 nitrogen and oxygen atoms in total. The van der Waals surface area contributed by atoms with Crippen molar-refractivity contribution in [2.75, 3.05) is 5.32 Å². The molecule has 34 heavy (non-hydrogen) atoms. The molecule has 0 bridgehead atoms. The fraction of sp³-hybridized carbons (Fsp3) is 0.0769. The van der Waals surface area contributed by atoms with Crippen molar-refractivity contribution in [3.63, 3.8) is 0 Å². The Morgan fingerprint density at radius 3 is 2.59 bits per heavy atom. The number of nitrogens with zero attached hydrogens (tertiary/aromatic N) is 3. The van der Waals surface area contributed by atoms with Crippen LogP contribution in [0.3, 0.4) is 0 Å². The van der Waals surface area contributed by atoms with E-state index in [0.717, 1.165) is 5.56 Å². The van der Waals surface area contributed by atoms with Crippen LogP contribution in [0.4, 0.5) is 14.6 Å². The van der Waals surface area contributed by atoms with Gasteiger partial charge in [0.05, 0.1) is 28.9 Å². The van der Waals surface area contributed by atoms with E-state index in [4.69, 9.17) is 0 Å². The van der Waals surface area contributed by atoms with Crippen LogP contribution in [0.25, 0.3) is 33.5 Å². The molecule has 0 saturated carbocycles. The lowest BCUT2D eigenvalue weighted by atomic mass is 10.0. The van der Waals surface area contributed by atoms with Crippen LogP contribution >= 0.6 is 0 Å². The monoisotopic (exact) mass is 455 g/mol. The van der Waals surface area contributed by atoms with Crippen LogP contribution in [0.1, 0.15) is 11.1 Å². The van der Waals surface area contributed by atoms with Gasteiger partial charge in [0.25, 0.3) is 0 Å². The first-order valence-electron chi connectivity index (χ1n) is 10.6. The number of anilines is 1. The van der Waals surface area contributed by atoms with Gasteiger partial charge in [-0.1, -0.05) is 18.2 Å². The molecular weight excluding hydrogens is 436 g/mol. The number of carbonyl (C=O) groups is 1. The van der Waals surface area contributed by atoms with E-state index >= 15 is 0 Å². The van der Waals surface area contributed by atoms with E-state index in [1.807, 2.05) is 12.1 Å². The third kappa shape index (κ3) is 4.25. The maximum atomic E-state index is 14.3. The number of aromatic amines is 1. The summed E-state index contributed by atoms with van der Waals surface area (Å²) in [4.78, 5) is 28.7. The average Bonchev–Trinajstić information content (AvgIpc) is 3.19. The maximum absolute atomic E-state index is 14.3. The Morgan fingerprint density at radius 2 is 1.82 bits per heavy atom. The quantitative estimate of drug-likeness (QED) is 0.345. The van der Waals surface area contributed by atoms with Crippen LogP contribution in [0, 0.1) is 18.7 Å². The lowest BCUT2D eigenvalue weighted by molar-refractivity contribution is -0.115. The van der Waals surface area contributed by atoms with E-state index in [1.54, 1.807) is 55.7 Å². The summed E-state index contributed by atoms with van der Waals surface area (Å²) in [5.74, 6) is -0.827. The number of hydrogen-bond donors (Lipinski definition) is 2. The van der Waals surface area contributed by atoms with Crippen LogP contribution in [-0.2, 0) is 11.2 Å². The fourth-order valence-corrected chi connectivity index (χ4v) is 3.80. The third-order valence-corrected chi connectivity index (χ3v) is 5.41. The number of H-pyrrole nitrogens is 1. The number of hydrogen-bond acceptors (Lipinski definition) is 4. The van der Waals surface area contributed by atoms with Gasteiger partial charge in [0.15, 0.2) is 0 Å². The fourth-order valence-electron chi connectivity index (χ4n) is 3.80. The lowest BCUT2D eigenvalue weighted by Crippen LogP contribution is -2.15. The normalized spacial score (nSPS) is 11.0. The molecule has 1 amide bonds. The SMILES string of the molecule is Cc1cc2[nH]c(-c3ccnc(NC(=O)Cc4ccc(F)cc4)c3)c(-c3ccccn3)c2nc1F. The molecule has 168 valence electrons. The second-order valence-corrected chi connectivity index (χ2v) is 7.86. The summed E-state index contributed by atoms with van der Waals surface area (Å²) in [6.07, 6.45) is 3.33. The molecular formula is C26H19F2N5O. The predicted molar refractivity (Wildman–Crippen MR) is 126 cm³/mol. The number of fused-ring (bicyclic) bond motifs is 1. The Bertz CT molecular complexity index is 1500. The minimum atomic E-state index is -0.543. The maximum Gasteiger partial charge on any atom is 0.229 e. The molecule has 0 fully saturated rings.